The minimum absolute atomic E-state index is 0. The van der Waals surface area contributed by atoms with Gasteiger partial charge < -0.3 is 0 Å². The van der Waals surface area contributed by atoms with Crippen molar-refractivity contribution in [2.75, 3.05) is 0 Å². The maximum atomic E-state index is 2.12. The smallest absolute Gasteiger partial charge is 0 e. The van der Waals surface area contributed by atoms with Gasteiger partial charge in [-0.3, -0.25) is 0 Å². The van der Waals surface area contributed by atoms with Crippen LogP contribution in [0.25, 0.3) is 0 Å². The monoisotopic (exact) mass is 332 g/mol. The molecular formula is C18H14Ru-2. The third-order valence-electron chi connectivity index (χ3n) is 3.10. The Labute approximate surface area is 129 Å². The van der Waals surface area contributed by atoms with Crippen LogP contribution in [0.1, 0.15) is 22.3 Å². The first kappa shape index (κ1) is 14.7. The molecule has 0 aromatic heterocycles. The summed E-state index contributed by atoms with van der Waals surface area (Å²) in [5.41, 5.74) is 5.32. The molecule has 0 atom stereocenters. The van der Waals surface area contributed by atoms with Gasteiger partial charge in [0.15, 0.2) is 0 Å². The Morgan fingerprint density at radius 3 is 1.53 bits per heavy atom. The summed E-state index contributed by atoms with van der Waals surface area (Å²) in [6, 6.07) is 12.6. The Kier molecular flexibility index (Phi) is 5.58. The molecule has 0 spiro atoms. The van der Waals surface area contributed by atoms with Gasteiger partial charge in [-0.15, -0.1) is 0 Å². The second-order valence-electron chi connectivity index (χ2n) is 4.31. The molecule has 0 bridgehead atoms. The summed E-state index contributed by atoms with van der Waals surface area (Å²) in [5.74, 6) is 0. The minimum atomic E-state index is 0. The van der Waals surface area contributed by atoms with Gasteiger partial charge in [-0.2, -0.15) is 34.4 Å². The molecule has 2 aromatic rings. The van der Waals surface area contributed by atoms with Crippen LogP contribution in [-0.4, -0.2) is 0 Å². The van der Waals surface area contributed by atoms with Gasteiger partial charge in [0.25, 0.3) is 0 Å². The van der Waals surface area contributed by atoms with Gasteiger partial charge in [-0.25, -0.2) is 24.3 Å². The van der Waals surface area contributed by atoms with E-state index in [0.29, 0.717) is 0 Å². The molecule has 0 saturated heterocycles. The van der Waals surface area contributed by atoms with Crippen molar-refractivity contribution < 1.29 is 19.5 Å². The molecule has 0 saturated carbocycles. The molecule has 0 fully saturated rings. The summed E-state index contributed by atoms with van der Waals surface area (Å²) in [6.45, 7) is 0. The fourth-order valence-corrected chi connectivity index (χ4v) is 2.14. The van der Waals surface area contributed by atoms with Crippen LogP contribution in [0.3, 0.4) is 0 Å². The van der Waals surface area contributed by atoms with E-state index in [9.17, 15) is 0 Å². The normalized spacial score (nSPS) is 16.4. The van der Waals surface area contributed by atoms with Crippen LogP contribution in [0.15, 0.2) is 36.4 Å². The average molecular weight is 331 g/mol. The first-order valence-electron chi connectivity index (χ1n) is 6.14. The number of fused-ring (bicyclic) bond motifs is 2. The Bertz CT molecular complexity index is 402. The molecule has 19 heavy (non-hydrogen) atoms. The average Bonchev–Trinajstić information content (AvgIpc) is 3.08. The van der Waals surface area contributed by atoms with E-state index in [1.807, 2.05) is 0 Å². The quantitative estimate of drug-likeness (QED) is 0.508. The van der Waals surface area contributed by atoms with E-state index >= 15 is 0 Å². The van der Waals surface area contributed by atoms with E-state index in [0.717, 1.165) is 0 Å². The van der Waals surface area contributed by atoms with Crippen LogP contribution in [0, 0.1) is 51.4 Å². The van der Waals surface area contributed by atoms with Crippen molar-refractivity contribution in [3.05, 3.63) is 110 Å². The zero-order chi connectivity index (χ0) is 12.2. The fourth-order valence-electron chi connectivity index (χ4n) is 2.14. The third-order valence-corrected chi connectivity index (χ3v) is 3.10. The van der Waals surface area contributed by atoms with Crippen LogP contribution >= 0.6 is 0 Å². The fraction of sp³-hybridized carbons (Fsp3) is 0. The van der Waals surface area contributed by atoms with Gasteiger partial charge in [0.1, 0.15) is 0 Å². The van der Waals surface area contributed by atoms with Crippen molar-refractivity contribution in [3.8, 4) is 0 Å². The molecule has 0 heterocycles. The molecule has 4 rings (SSSR count). The summed E-state index contributed by atoms with van der Waals surface area (Å²) >= 11 is 0. The van der Waals surface area contributed by atoms with Crippen LogP contribution < -0.4 is 0 Å². The summed E-state index contributed by atoms with van der Waals surface area (Å²) < 4.78 is 0. The van der Waals surface area contributed by atoms with Crippen LogP contribution in [-0.2, 0) is 19.5 Å². The van der Waals surface area contributed by atoms with Gasteiger partial charge in [0.2, 0.25) is 0 Å². The summed E-state index contributed by atoms with van der Waals surface area (Å²) in [6.07, 6.45) is 16.7. The topological polar surface area (TPSA) is 0 Å². The summed E-state index contributed by atoms with van der Waals surface area (Å²) in [7, 11) is 0. The third kappa shape index (κ3) is 3.66. The zero-order valence-electron chi connectivity index (χ0n) is 10.4. The second kappa shape index (κ2) is 7.20. The predicted molar refractivity (Wildman–Crippen MR) is 74.9 cm³/mol. The largest absolute Gasteiger partial charge is 0.213 e. The molecule has 0 amide bonds. The van der Waals surface area contributed by atoms with Crippen molar-refractivity contribution in [2.45, 2.75) is 0 Å². The predicted octanol–water partition coefficient (Wildman–Crippen LogP) is 3.86. The molecule has 2 aromatic carbocycles. The van der Waals surface area contributed by atoms with Gasteiger partial charge >= 0.3 is 0 Å². The molecule has 2 aliphatic rings. The first-order chi connectivity index (χ1) is 8.93. The van der Waals surface area contributed by atoms with Gasteiger partial charge in [0.05, 0.1) is 0 Å². The van der Waals surface area contributed by atoms with Crippen LogP contribution in [0.2, 0.25) is 0 Å². The van der Waals surface area contributed by atoms with E-state index < -0.39 is 0 Å². The van der Waals surface area contributed by atoms with Crippen LogP contribution in [0.4, 0.5) is 0 Å². The Morgan fingerprint density at radius 1 is 0.632 bits per heavy atom. The number of hydrogen-bond acceptors (Lipinski definition) is 0. The van der Waals surface area contributed by atoms with Crippen molar-refractivity contribution in [1.82, 2.24) is 0 Å². The Balaban J connectivity index is 0.000000133. The molecule has 2 aliphatic carbocycles. The number of rotatable bonds is 0. The van der Waals surface area contributed by atoms with E-state index in [1.54, 1.807) is 0 Å². The van der Waals surface area contributed by atoms with Crippen molar-refractivity contribution in [2.24, 2.45) is 0 Å². The maximum absolute atomic E-state index is 2.12. The van der Waals surface area contributed by atoms with Gasteiger partial charge in [0, 0.05) is 19.5 Å². The van der Waals surface area contributed by atoms with Crippen molar-refractivity contribution in [3.63, 3.8) is 0 Å². The maximum Gasteiger partial charge on any atom is 0 e. The first-order valence-corrected chi connectivity index (χ1v) is 6.14. The zero-order valence-corrected chi connectivity index (χ0v) is 12.2. The standard InChI is InChI=1S/2C9H7.Ru/c2*1-2-5-9-7-3-6-8(9)4-1;/h2*1-7H;/q2*-1;. The van der Waals surface area contributed by atoms with E-state index in [1.165, 1.54) is 22.3 Å². The molecule has 0 unspecified atom stereocenters. The van der Waals surface area contributed by atoms with Crippen molar-refractivity contribution in [1.29, 1.82) is 0 Å². The molecule has 0 nitrogen and oxygen atoms in total. The Hall–Kier alpha value is -0.677. The molecule has 0 N–H and O–H groups in total. The molecule has 1 heteroatoms. The van der Waals surface area contributed by atoms with Crippen LogP contribution in [0.5, 0.6) is 0 Å². The minimum Gasteiger partial charge on any atom is -0.213 e. The van der Waals surface area contributed by atoms with E-state index in [-0.39, 0.29) is 19.5 Å². The molecular weight excluding hydrogens is 317 g/mol. The van der Waals surface area contributed by atoms with Gasteiger partial charge in [-0.1, -0.05) is 12.8 Å². The van der Waals surface area contributed by atoms with E-state index in [4.69, 9.17) is 0 Å². The van der Waals surface area contributed by atoms with Crippen molar-refractivity contribution >= 4 is 0 Å². The molecule has 0 aliphatic heterocycles. The Morgan fingerprint density at radius 2 is 1.11 bits per heavy atom. The second-order valence-corrected chi connectivity index (χ2v) is 4.31. The van der Waals surface area contributed by atoms with E-state index in [2.05, 4.69) is 87.8 Å². The molecule has 96 valence electrons. The SMILES string of the molecule is [CH]1[CH][CH][c-]2cccc2[CH]1.[CH]1[CH][CH][c-]2cccc2[CH]1.[Ru]. The molecule has 8 radical (unpaired) electrons. The summed E-state index contributed by atoms with van der Waals surface area (Å²) in [5, 5.41) is 0. The summed E-state index contributed by atoms with van der Waals surface area (Å²) in [4.78, 5) is 0. The van der Waals surface area contributed by atoms with Gasteiger partial charge in [-0.05, 0) is 38.5 Å². The number of hydrogen-bond donors (Lipinski definition) is 0.